The van der Waals surface area contributed by atoms with Crippen LogP contribution in [0.3, 0.4) is 0 Å². The Kier molecular flexibility index (Phi) is 9.05. The van der Waals surface area contributed by atoms with Crippen LogP contribution in [-0.2, 0) is 23.7 Å². The first kappa shape index (κ1) is 27.0. The lowest BCUT2D eigenvalue weighted by atomic mass is 9.98. The molecule has 2 aliphatic rings. The van der Waals surface area contributed by atoms with Gasteiger partial charge in [-0.1, -0.05) is 6.07 Å². The zero-order valence-corrected chi connectivity index (χ0v) is 18.6. The molecule has 2 aliphatic heterocycles. The average Bonchev–Trinajstić information content (AvgIpc) is 2.82. The van der Waals surface area contributed by atoms with Crippen molar-refractivity contribution in [2.45, 2.75) is 74.4 Å². The molecule has 3 rings (SSSR count). The lowest BCUT2D eigenvalue weighted by Gasteiger charge is -2.42. The Morgan fingerprint density at radius 2 is 1.41 bits per heavy atom. The van der Waals surface area contributed by atoms with Gasteiger partial charge in [0, 0.05) is 7.11 Å². The summed E-state index contributed by atoms with van der Waals surface area (Å²) in [5.41, 5.74) is 0.460. The average molecular weight is 492 g/mol. The van der Waals surface area contributed by atoms with Gasteiger partial charge in [0.15, 0.2) is 24.1 Å². The van der Waals surface area contributed by atoms with Crippen molar-refractivity contribution in [1.29, 1.82) is 0 Å². The highest BCUT2D eigenvalue weighted by Gasteiger charge is 2.47. The quantitative estimate of drug-likeness (QED) is 0.176. The molecule has 8 N–H and O–H groups in total. The Bertz CT molecular complexity index is 794. The molecular formula is C21H32O13. The van der Waals surface area contributed by atoms with E-state index in [1.807, 2.05) is 0 Å². The third kappa shape index (κ3) is 5.78. The molecule has 0 saturated carbocycles. The molecular weight excluding hydrogens is 460 g/mol. The molecule has 34 heavy (non-hydrogen) atoms. The SMILES string of the molecule is CO[C@H](CO[C@@H]1O[C@H](CO[C@@H]2O[C@@H](C)[C@H](O)[C@@H](O)[C@H]2O)[C@@H](O)[C@H](O)[C@H]1O)c1ccc(O)c(O)c1. The maximum absolute atomic E-state index is 10.3. The van der Waals surface area contributed by atoms with Crippen LogP contribution >= 0.6 is 0 Å². The number of methoxy groups -OCH3 is 1. The third-order valence-electron chi connectivity index (χ3n) is 5.97. The van der Waals surface area contributed by atoms with Gasteiger partial charge in [-0.05, 0) is 24.6 Å². The summed E-state index contributed by atoms with van der Waals surface area (Å²) < 4.78 is 27.2. The van der Waals surface area contributed by atoms with Crippen LogP contribution in [0.4, 0.5) is 0 Å². The molecule has 2 heterocycles. The van der Waals surface area contributed by atoms with E-state index in [1.54, 1.807) is 0 Å². The number of hydrogen-bond donors (Lipinski definition) is 8. The summed E-state index contributed by atoms with van der Waals surface area (Å²) in [5, 5.41) is 79.7. The first-order chi connectivity index (χ1) is 16.0. The number of aliphatic hydroxyl groups excluding tert-OH is 6. The van der Waals surface area contributed by atoms with Crippen LogP contribution in [0.25, 0.3) is 0 Å². The maximum Gasteiger partial charge on any atom is 0.186 e. The first-order valence-corrected chi connectivity index (χ1v) is 10.7. The molecule has 1 aromatic carbocycles. The number of hydrogen-bond acceptors (Lipinski definition) is 13. The van der Waals surface area contributed by atoms with Crippen molar-refractivity contribution in [3.05, 3.63) is 23.8 Å². The van der Waals surface area contributed by atoms with Crippen LogP contribution in [0.2, 0.25) is 0 Å². The van der Waals surface area contributed by atoms with Crippen LogP contribution in [0.5, 0.6) is 11.5 Å². The molecule has 0 amide bonds. The lowest BCUT2D eigenvalue weighted by molar-refractivity contribution is -0.329. The van der Waals surface area contributed by atoms with Gasteiger partial charge in [0.2, 0.25) is 0 Å². The number of rotatable bonds is 8. The number of phenols is 2. The fourth-order valence-corrected chi connectivity index (χ4v) is 3.76. The van der Waals surface area contributed by atoms with E-state index in [2.05, 4.69) is 0 Å². The summed E-state index contributed by atoms with van der Waals surface area (Å²) in [6.07, 6.45) is -14.8. The van der Waals surface area contributed by atoms with Gasteiger partial charge in [0.05, 0.1) is 19.3 Å². The minimum atomic E-state index is -1.66. The van der Waals surface area contributed by atoms with E-state index in [0.29, 0.717) is 5.56 Å². The predicted octanol–water partition coefficient (Wildman–Crippen LogP) is -2.55. The summed E-state index contributed by atoms with van der Waals surface area (Å²) >= 11 is 0. The van der Waals surface area contributed by atoms with Gasteiger partial charge in [-0.15, -0.1) is 0 Å². The second kappa shape index (κ2) is 11.4. The normalized spacial score (nSPS) is 39.6. The summed E-state index contributed by atoms with van der Waals surface area (Å²) in [6.45, 7) is 0.874. The van der Waals surface area contributed by atoms with Gasteiger partial charge in [-0.25, -0.2) is 0 Å². The molecule has 13 heteroatoms. The van der Waals surface area contributed by atoms with Crippen molar-refractivity contribution in [3.8, 4) is 11.5 Å². The van der Waals surface area contributed by atoms with Crippen LogP contribution in [0.1, 0.15) is 18.6 Å². The summed E-state index contributed by atoms with van der Waals surface area (Å²) in [6, 6.07) is 4.05. The largest absolute Gasteiger partial charge is 0.504 e. The van der Waals surface area contributed by atoms with Gasteiger partial charge in [0.1, 0.15) is 48.8 Å². The summed E-state index contributed by atoms with van der Waals surface area (Å²) in [7, 11) is 1.38. The monoisotopic (exact) mass is 492 g/mol. The second-order valence-electron chi connectivity index (χ2n) is 8.34. The number of ether oxygens (including phenoxy) is 5. The molecule has 0 aromatic heterocycles. The summed E-state index contributed by atoms with van der Waals surface area (Å²) in [5.74, 6) is -0.669. The van der Waals surface area contributed by atoms with E-state index < -0.39 is 74.1 Å². The molecule has 0 bridgehead atoms. The molecule has 2 saturated heterocycles. The smallest absolute Gasteiger partial charge is 0.186 e. The maximum atomic E-state index is 10.3. The van der Waals surface area contributed by atoms with Crippen molar-refractivity contribution in [2.24, 2.45) is 0 Å². The van der Waals surface area contributed by atoms with Crippen molar-refractivity contribution in [1.82, 2.24) is 0 Å². The van der Waals surface area contributed by atoms with E-state index >= 15 is 0 Å². The molecule has 0 radical (unpaired) electrons. The number of phenolic OH excluding ortho intramolecular Hbond substituents is 2. The topological polar surface area (TPSA) is 208 Å². The first-order valence-electron chi connectivity index (χ1n) is 10.7. The van der Waals surface area contributed by atoms with Crippen LogP contribution in [0, 0.1) is 0 Å². The van der Waals surface area contributed by atoms with Gasteiger partial charge in [0.25, 0.3) is 0 Å². The second-order valence-corrected chi connectivity index (χ2v) is 8.34. The Hall–Kier alpha value is -1.62. The molecule has 194 valence electrons. The molecule has 2 fully saturated rings. The third-order valence-corrected chi connectivity index (χ3v) is 5.97. The van der Waals surface area contributed by atoms with Crippen LogP contribution in [0.15, 0.2) is 18.2 Å². The summed E-state index contributed by atoms with van der Waals surface area (Å²) in [4.78, 5) is 0. The Labute approximate surface area is 195 Å². The minimum Gasteiger partial charge on any atom is -0.504 e. The van der Waals surface area contributed by atoms with Gasteiger partial charge in [-0.2, -0.15) is 0 Å². The molecule has 0 aliphatic carbocycles. The highest BCUT2D eigenvalue weighted by atomic mass is 16.7. The zero-order valence-electron chi connectivity index (χ0n) is 18.6. The fourth-order valence-electron chi connectivity index (χ4n) is 3.76. The van der Waals surface area contributed by atoms with Crippen molar-refractivity contribution in [2.75, 3.05) is 20.3 Å². The van der Waals surface area contributed by atoms with E-state index in [-0.39, 0.29) is 18.1 Å². The molecule has 0 spiro atoms. The zero-order chi connectivity index (χ0) is 25.2. The van der Waals surface area contributed by atoms with Crippen molar-refractivity contribution >= 4 is 0 Å². The minimum absolute atomic E-state index is 0.190. The lowest BCUT2D eigenvalue weighted by Crippen LogP contribution is -2.61. The van der Waals surface area contributed by atoms with Crippen LogP contribution < -0.4 is 0 Å². The van der Waals surface area contributed by atoms with Gasteiger partial charge < -0.3 is 64.5 Å². The molecule has 11 atom stereocenters. The number of benzene rings is 1. The number of aliphatic hydroxyl groups is 6. The van der Waals surface area contributed by atoms with E-state index in [1.165, 1.54) is 32.2 Å². The predicted molar refractivity (Wildman–Crippen MR) is 110 cm³/mol. The van der Waals surface area contributed by atoms with E-state index in [9.17, 15) is 40.9 Å². The molecule has 1 aromatic rings. The fraction of sp³-hybridized carbons (Fsp3) is 0.714. The standard InChI is InChI=1S/C21H32O13/c1-8-14(24)16(26)18(28)20(33-8)32-7-13-15(25)17(27)19(29)21(34-13)31-6-12(30-2)9-3-4-10(22)11(23)5-9/h3-5,8,12-29H,6-7H2,1-2H3/t8-,12+,13+,14-,15+,16+,17-,18+,19+,20+,21+/m0/s1. The molecule has 13 nitrogen and oxygen atoms in total. The Balaban J connectivity index is 1.61. The van der Waals surface area contributed by atoms with Crippen molar-refractivity contribution < 1.29 is 64.5 Å². The highest BCUT2D eigenvalue weighted by molar-refractivity contribution is 5.41. The van der Waals surface area contributed by atoms with Crippen LogP contribution in [-0.4, -0.2) is 123 Å². The Morgan fingerprint density at radius 1 is 0.794 bits per heavy atom. The van der Waals surface area contributed by atoms with Gasteiger partial charge >= 0.3 is 0 Å². The van der Waals surface area contributed by atoms with E-state index in [0.717, 1.165) is 0 Å². The van der Waals surface area contributed by atoms with E-state index in [4.69, 9.17) is 23.7 Å². The van der Waals surface area contributed by atoms with Gasteiger partial charge in [-0.3, -0.25) is 0 Å². The molecule has 0 unspecified atom stereocenters. The number of aromatic hydroxyl groups is 2. The highest BCUT2D eigenvalue weighted by Crippen LogP contribution is 2.30. The Morgan fingerprint density at radius 3 is 2.03 bits per heavy atom. The van der Waals surface area contributed by atoms with Crippen molar-refractivity contribution in [3.63, 3.8) is 0 Å².